The number of aryl methyl sites for hydroxylation is 1. The molecule has 0 spiro atoms. The summed E-state index contributed by atoms with van der Waals surface area (Å²) in [7, 11) is 0. The van der Waals surface area contributed by atoms with Crippen molar-refractivity contribution in [3.8, 4) is 0 Å². The molecule has 1 aliphatic rings. The van der Waals surface area contributed by atoms with Crippen LogP contribution < -0.4 is 16.0 Å². The average Bonchev–Trinajstić information content (AvgIpc) is 3.46. The number of alkyl halides is 2. The summed E-state index contributed by atoms with van der Waals surface area (Å²) < 4.78 is 3.94. The molecule has 3 N–H and O–H groups in total. The summed E-state index contributed by atoms with van der Waals surface area (Å²) in [5.74, 6) is -2.22. The van der Waals surface area contributed by atoms with E-state index in [4.69, 9.17) is 62.7 Å². The van der Waals surface area contributed by atoms with Gasteiger partial charge in [0.05, 0.1) is 16.5 Å². The minimum Gasteiger partial charge on any atom is -0.444 e. The predicted octanol–water partition coefficient (Wildman–Crippen LogP) is 9.33. The maximum atomic E-state index is 13.2. The normalized spacial score (nSPS) is 17.3. The molecule has 12 heteroatoms. The largest absolute Gasteiger partial charge is 0.444 e. The van der Waals surface area contributed by atoms with Gasteiger partial charge in [0.2, 0.25) is 5.91 Å². The summed E-state index contributed by atoms with van der Waals surface area (Å²) in [4.78, 5) is 38.5. The van der Waals surface area contributed by atoms with E-state index in [2.05, 4.69) is 16.0 Å². The molecule has 0 bridgehead atoms. The summed E-state index contributed by atoms with van der Waals surface area (Å²) in [5, 5.41) is 9.32. The summed E-state index contributed by atoms with van der Waals surface area (Å²) in [6, 6.07) is 14.5. The van der Waals surface area contributed by atoms with Crippen LogP contribution in [-0.2, 0) is 16.0 Å². The molecule has 2 atom stereocenters. The van der Waals surface area contributed by atoms with Gasteiger partial charge in [0, 0.05) is 33.0 Å². The van der Waals surface area contributed by atoms with Gasteiger partial charge in [0.25, 0.3) is 5.91 Å². The summed E-state index contributed by atoms with van der Waals surface area (Å²) >= 11 is 31.5. The molecule has 0 aromatic heterocycles. The summed E-state index contributed by atoms with van der Waals surface area (Å²) in [6.45, 7) is 7.24. The number of ether oxygens (including phenoxy) is 1. The highest BCUT2D eigenvalue weighted by molar-refractivity contribution is 6.53. The Morgan fingerprint density at radius 2 is 1.48 bits per heavy atom. The minimum atomic E-state index is -1.36. The second kappa shape index (κ2) is 12.5. The topological polar surface area (TPSA) is 96.5 Å². The average molecular weight is 672 g/mol. The number of amides is 3. The van der Waals surface area contributed by atoms with Gasteiger partial charge < -0.3 is 15.4 Å². The number of anilines is 3. The first-order valence-corrected chi connectivity index (χ1v) is 14.9. The van der Waals surface area contributed by atoms with Crippen LogP contribution in [0.3, 0.4) is 0 Å². The number of carbonyl (C=O) groups excluding carboxylic acids is 3. The predicted molar refractivity (Wildman–Crippen MR) is 171 cm³/mol. The van der Waals surface area contributed by atoms with E-state index in [0.717, 1.165) is 5.56 Å². The molecule has 1 aliphatic carbocycles. The Bertz CT molecular complexity index is 1530. The van der Waals surface area contributed by atoms with E-state index in [9.17, 15) is 14.4 Å². The standard InChI is InChI=1S/C30H28Cl5N3O4/c1-5-15-12-19(37-28(41)42-29(2,3)4)7-9-23(15)38-26(39)21-14-20(6-8-22(21)33)36-27(40)25-24(30(25,34)35)16-10-17(31)13-18(32)11-16/h6-14,24-25H,5H2,1-4H3,(H,36,40)(H,37,41)(H,38,39)/t24-,25+/m0/s1. The van der Waals surface area contributed by atoms with E-state index in [1.165, 1.54) is 12.1 Å². The summed E-state index contributed by atoms with van der Waals surface area (Å²) in [5.41, 5.74) is 2.32. The highest BCUT2D eigenvalue weighted by atomic mass is 35.5. The number of hydrogen-bond acceptors (Lipinski definition) is 4. The maximum Gasteiger partial charge on any atom is 0.412 e. The van der Waals surface area contributed by atoms with Gasteiger partial charge in [-0.15, -0.1) is 23.2 Å². The molecule has 3 aromatic rings. The molecule has 42 heavy (non-hydrogen) atoms. The van der Waals surface area contributed by atoms with Gasteiger partial charge in [-0.2, -0.15) is 0 Å². The molecule has 0 heterocycles. The third kappa shape index (κ3) is 7.63. The zero-order valence-electron chi connectivity index (χ0n) is 23.1. The fourth-order valence-corrected chi connectivity index (χ4v) is 6.09. The van der Waals surface area contributed by atoms with Gasteiger partial charge in [-0.05, 0) is 92.9 Å². The number of benzene rings is 3. The zero-order valence-corrected chi connectivity index (χ0v) is 26.9. The minimum absolute atomic E-state index is 0.143. The lowest BCUT2D eigenvalue weighted by molar-refractivity contribution is -0.117. The zero-order chi connectivity index (χ0) is 31.0. The van der Waals surface area contributed by atoms with Crippen molar-refractivity contribution in [3.63, 3.8) is 0 Å². The van der Waals surface area contributed by atoms with Crippen molar-refractivity contribution < 1.29 is 19.1 Å². The number of hydrogen-bond donors (Lipinski definition) is 3. The van der Waals surface area contributed by atoms with Crippen LogP contribution in [0.2, 0.25) is 15.1 Å². The van der Waals surface area contributed by atoms with Crippen LogP contribution in [0.1, 0.15) is 55.1 Å². The van der Waals surface area contributed by atoms with Gasteiger partial charge in [-0.25, -0.2) is 4.79 Å². The van der Waals surface area contributed by atoms with Crippen LogP contribution in [0.4, 0.5) is 21.9 Å². The molecule has 3 amide bonds. The first kappa shape index (κ1) is 32.2. The van der Waals surface area contributed by atoms with Gasteiger partial charge in [0.15, 0.2) is 0 Å². The van der Waals surface area contributed by atoms with E-state index in [1.54, 1.807) is 63.2 Å². The molecule has 0 unspecified atom stereocenters. The fraction of sp³-hybridized carbons (Fsp3) is 0.300. The first-order valence-electron chi connectivity index (χ1n) is 13.0. The summed E-state index contributed by atoms with van der Waals surface area (Å²) in [6.07, 6.45) is -0.0103. The van der Waals surface area contributed by atoms with Crippen molar-refractivity contribution in [1.82, 2.24) is 0 Å². The number of rotatable bonds is 7. The van der Waals surface area contributed by atoms with Crippen molar-refractivity contribution in [2.45, 2.75) is 50.0 Å². The molecule has 0 radical (unpaired) electrons. The maximum absolute atomic E-state index is 13.2. The van der Waals surface area contributed by atoms with Crippen molar-refractivity contribution in [1.29, 1.82) is 0 Å². The molecular weight excluding hydrogens is 644 g/mol. The van der Waals surface area contributed by atoms with Gasteiger partial charge in [-0.3, -0.25) is 14.9 Å². The second-order valence-corrected chi connectivity index (χ2v) is 13.5. The Balaban J connectivity index is 1.47. The van der Waals surface area contributed by atoms with E-state index in [-0.39, 0.29) is 10.6 Å². The van der Waals surface area contributed by atoms with Crippen molar-refractivity contribution in [2.75, 3.05) is 16.0 Å². The number of halogens is 5. The van der Waals surface area contributed by atoms with Crippen LogP contribution in [0.25, 0.3) is 0 Å². The lowest BCUT2D eigenvalue weighted by Gasteiger charge is -2.20. The van der Waals surface area contributed by atoms with Crippen molar-refractivity contribution in [2.24, 2.45) is 5.92 Å². The molecule has 3 aromatic carbocycles. The molecular formula is C30H28Cl5N3O4. The monoisotopic (exact) mass is 669 g/mol. The van der Waals surface area contributed by atoms with Gasteiger partial charge in [0.1, 0.15) is 9.93 Å². The fourth-order valence-electron chi connectivity index (χ4n) is 4.52. The van der Waals surface area contributed by atoms with Crippen LogP contribution in [0.15, 0.2) is 54.6 Å². The van der Waals surface area contributed by atoms with Crippen LogP contribution >= 0.6 is 58.0 Å². The highest BCUT2D eigenvalue weighted by Gasteiger charge is 2.67. The van der Waals surface area contributed by atoms with Gasteiger partial charge >= 0.3 is 6.09 Å². The molecule has 4 rings (SSSR count). The SMILES string of the molecule is CCc1cc(NC(=O)OC(C)(C)C)ccc1NC(=O)c1cc(NC(=O)[C@H]2[C@H](c3cc(Cl)cc(Cl)c3)C2(Cl)Cl)ccc1Cl. The van der Waals surface area contributed by atoms with Crippen LogP contribution in [0.5, 0.6) is 0 Å². The highest BCUT2D eigenvalue weighted by Crippen LogP contribution is 2.65. The van der Waals surface area contributed by atoms with Crippen LogP contribution in [0, 0.1) is 5.92 Å². The smallest absolute Gasteiger partial charge is 0.412 e. The van der Waals surface area contributed by atoms with Crippen LogP contribution in [-0.4, -0.2) is 27.8 Å². The Morgan fingerprint density at radius 1 is 0.857 bits per heavy atom. The lowest BCUT2D eigenvalue weighted by Crippen LogP contribution is -2.27. The second-order valence-electron chi connectivity index (χ2n) is 10.8. The molecule has 7 nitrogen and oxygen atoms in total. The number of carbonyl (C=O) groups is 3. The van der Waals surface area contributed by atoms with E-state index < -0.39 is 39.7 Å². The Hall–Kier alpha value is -2.68. The third-order valence-corrected chi connectivity index (χ3v) is 8.14. The Kier molecular flexibility index (Phi) is 9.60. The first-order chi connectivity index (χ1) is 19.6. The lowest BCUT2D eigenvalue weighted by atomic mass is 10.1. The quantitative estimate of drug-likeness (QED) is 0.218. The Morgan fingerprint density at radius 3 is 2.10 bits per heavy atom. The molecule has 222 valence electrons. The van der Waals surface area contributed by atoms with Crippen molar-refractivity contribution in [3.05, 3.63) is 86.4 Å². The van der Waals surface area contributed by atoms with Crippen molar-refractivity contribution >= 4 is 93.0 Å². The number of nitrogens with one attached hydrogen (secondary N) is 3. The molecule has 1 saturated carbocycles. The third-order valence-electron chi connectivity index (χ3n) is 6.44. The van der Waals surface area contributed by atoms with Gasteiger partial charge in [-0.1, -0.05) is 41.7 Å². The van der Waals surface area contributed by atoms with E-state index in [0.29, 0.717) is 39.1 Å². The molecule has 1 fully saturated rings. The van der Waals surface area contributed by atoms with E-state index >= 15 is 0 Å². The van der Waals surface area contributed by atoms with E-state index in [1.807, 2.05) is 6.92 Å². The Labute approximate surface area is 269 Å². The molecule has 0 aliphatic heterocycles. The molecule has 0 saturated heterocycles.